The van der Waals surface area contributed by atoms with Crippen molar-refractivity contribution in [2.75, 3.05) is 0 Å². The fraction of sp³-hybridized carbons (Fsp3) is 0.200. The zero-order valence-corrected chi connectivity index (χ0v) is 9.35. The lowest BCUT2D eigenvalue weighted by Gasteiger charge is -2.07. The fourth-order valence-electron chi connectivity index (χ4n) is 1.86. The second-order valence-electron chi connectivity index (χ2n) is 3.76. The van der Waals surface area contributed by atoms with Crippen LogP contribution < -0.4 is 10.9 Å². The third-order valence-electron chi connectivity index (χ3n) is 2.55. The minimum absolute atomic E-state index is 0.231. The Morgan fingerprint density at radius 3 is 2.94 bits per heavy atom. The van der Waals surface area contributed by atoms with E-state index in [2.05, 4.69) is 25.9 Å². The van der Waals surface area contributed by atoms with Gasteiger partial charge in [-0.25, -0.2) is 4.98 Å². The highest BCUT2D eigenvalue weighted by Gasteiger charge is 2.20. The minimum atomic E-state index is -0.231. The number of amides is 1. The number of carbonyl (C=O) groups excluding carboxylic acids is 1. The van der Waals surface area contributed by atoms with Crippen LogP contribution in [0.1, 0.15) is 27.6 Å². The Kier molecular flexibility index (Phi) is 1.88. The first kappa shape index (κ1) is 9.76. The summed E-state index contributed by atoms with van der Waals surface area (Å²) in [6, 6.07) is 0. The average Bonchev–Trinajstić information content (AvgIpc) is 2.52. The molecule has 3 rings (SSSR count). The normalized spacial score (nSPS) is 14.1. The summed E-state index contributed by atoms with van der Waals surface area (Å²) >= 11 is 0. The van der Waals surface area contributed by atoms with E-state index in [1.807, 2.05) is 0 Å². The molecule has 0 spiro atoms. The molecule has 2 N–H and O–H groups in total. The molecule has 0 saturated carbocycles. The molecule has 1 aliphatic heterocycles. The van der Waals surface area contributed by atoms with Crippen molar-refractivity contribution in [3.05, 3.63) is 29.0 Å². The van der Waals surface area contributed by atoms with Crippen molar-refractivity contribution in [2.45, 2.75) is 13.8 Å². The smallest absolute Gasteiger partial charge is 0.273 e. The van der Waals surface area contributed by atoms with Crippen LogP contribution in [-0.2, 0) is 0 Å². The number of hydrogen-bond donors (Lipinski definition) is 2. The molecule has 1 amide bonds. The Morgan fingerprint density at radius 1 is 1.29 bits per heavy atom. The second-order valence-corrected chi connectivity index (χ2v) is 3.76. The van der Waals surface area contributed by atoms with E-state index in [0.717, 1.165) is 0 Å². The van der Waals surface area contributed by atoms with Gasteiger partial charge in [0.1, 0.15) is 5.82 Å². The highest BCUT2D eigenvalue weighted by Crippen LogP contribution is 2.16. The van der Waals surface area contributed by atoms with Gasteiger partial charge in [0.2, 0.25) is 0 Å². The number of aromatic nitrogens is 4. The Morgan fingerprint density at radius 2 is 2.12 bits per heavy atom. The van der Waals surface area contributed by atoms with Gasteiger partial charge in [-0.05, 0) is 19.9 Å². The van der Waals surface area contributed by atoms with Gasteiger partial charge in [0.25, 0.3) is 11.7 Å². The van der Waals surface area contributed by atoms with Crippen LogP contribution in [0.2, 0.25) is 0 Å². The van der Waals surface area contributed by atoms with Gasteiger partial charge < -0.3 is 5.43 Å². The Bertz CT molecular complexity index is 656. The molecule has 7 nitrogen and oxygen atoms in total. The van der Waals surface area contributed by atoms with E-state index in [-0.39, 0.29) is 5.91 Å². The number of fused-ring (bicyclic) bond motifs is 3. The van der Waals surface area contributed by atoms with Gasteiger partial charge in [0, 0.05) is 6.20 Å². The van der Waals surface area contributed by atoms with Crippen LogP contribution in [0.3, 0.4) is 0 Å². The average molecular weight is 230 g/mol. The van der Waals surface area contributed by atoms with Gasteiger partial charge in [-0.1, -0.05) is 0 Å². The maximum absolute atomic E-state index is 11.9. The second kappa shape index (κ2) is 3.27. The summed E-state index contributed by atoms with van der Waals surface area (Å²) in [6.07, 6.45) is 3.41. The van der Waals surface area contributed by atoms with E-state index in [4.69, 9.17) is 0 Å². The largest absolute Gasteiger partial charge is 0.306 e. The van der Waals surface area contributed by atoms with Gasteiger partial charge in [0.15, 0.2) is 0 Å². The number of nitrogens with one attached hydrogen (secondary N) is 2. The number of rotatable bonds is 0. The SMILES string of the molecule is Cc1nc2nc(C)c3c(n2n1)C=CNNC3=O. The maximum Gasteiger partial charge on any atom is 0.273 e. The van der Waals surface area contributed by atoms with Crippen molar-refractivity contribution >= 4 is 17.8 Å². The topological polar surface area (TPSA) is 84.2 Å². The van der Waals surface area contributed by atoms with Crippen LogP contribution in [0.5, 0.6) is 0 Å². The van der Waals surface area contributed by atoms with Crippen LogP contribution in [-0.4, -0.2) is 25.5 Å². The lowest BCUT2D eigenvalue weighted by molar-refractivity contribution is 0.0940. The number of nitrogens with zero attached hydrogens (tertiary/aromatic N) is 4. The van der Waals surface area contributed by atoms with E-state index >= 15 is 0 Å². The van der Waals surface area contributed by atoms with E-state index in [1.165, 1.54) is 0 Å². The van der Waals surface area contributed by atoms with Crippen molar-refractivity contribution in [1.82, 2.24) is 30.4 Å². The number of aryl methyl sites for hydroxylation is 2. The molecular weight excluding hydrogens is 220 g/mol. The molecular formula is C10H10N6O. The van der Waals surface area contributed by atoms with Crippen molar-refractivity contribution < 1.29 is 4.79 Å². The summed E-state index contributed by atoms with van der Waals surface area (Å²) < 4.78 is 1.57. The Hall–Kier alpha value is -2.44. The highest BCUT2D eigenvalue weighted by molar-refractivity contribution is 5.98. The molecule has 0 fully saturated rings. The molecule has 86 valence electrons. The molecule has 0 bridgehead atoms. The third kappa shape index (κ3) is 1.36. The molecule has 0 unspecified atom stereocenters. The van der Waals surface area contributed by atoms with Crippen molar-refractivity contribution in [3.63, 3.8) is 0 Å². The van der Waals surface area contributed by atoms with Crippen molar-refractivity contribution in [3.8, 4) is 0 Å². The highest BCUT2D eigenvalue weighted by atomic mass is 16.2. The molecule has 17 heavy (non-hydrogen) atoms. The standard InChI is InChI=1S/C10H10N6O/c1-5-8-7(3-4-11-14-9(8)17)16-10(12-5)13-6(2)15-16/h3-4,11H,1-2H3,(H,14,17). The van der Waals surface area contributed by atoms with E-state index in [1.54, 1.807) is 30.6 Å². The summed E-state index contributed by atoms with van der Waals surface area (Å²) in [5.41, 5.74) is 7.02. The molecule has 1 aliphatic rings. The van der Waals surface area contributed by atoms with Crippen LogP contribution in [0, 0.1) is 13.8 Å². The summed E-state index contributed by atoms with van der Waals surface area (Å²) in [5, 5.41) is 4.23. The quantitative estimate of drug-likeness (QED) is 0.663. The van der Waals surface area contributed by atoms with Gasteiger partial charge in [-0.3, -0.25) is 10.2 Å². The summed E-state index contributed by atoms with van der Waals surface area (Å²) in [4.78, 5) is 20.3. The van der Waals surface area contributed by atoms with Crippen LogP contribution >= 0.6 is 0 Å². The predicted octanol–water partition coefficient (Wildman–Crippen LogP) is -0.0402. The molecule has 0 radical (unpaired) electrons. The molecule has 7 heteroatoms. The van der Waals surface area contributed by atoms with Crippen LogP contribution in [0.25, 0.3) is 11.9 Å². The van der Waals surface area contributed by atoms with E-state index in [9.17, 15) is 4.79 Å². The van der Waals surface area contributed by atoms with E-state index < -0.39 is 0 Å². The van der Waals surface area contributed by atoms with Gasteiger partial charge in [0.05, 0.1) is 17.0 Å². The summed E-state index contributed by atoms with van der Waals surface area (Å²) in [6.45, 7) is 3.57. The third-order valence-corrected chi connectivity index (χ3v) is 2.55. The molecule has 0 aliphatic carbocycles. The van der Waals surface area contributed by atoms with Crippen molar-refractivity contribution in [2.24, 2.45) is 0 Å². The van der Waals surface area contributed by atoms with Crippen LogP contribution in [0.15, 0.2) is 6.20 Å². The Labute approximate surface area is 96.5 Å². The lowest BCUT2D eigenvalue weighted by Crippen LogP contribution is -2.33. The van der Waals surface area contributed by atoms with Gasteiger partial charge >= 0.3 is 0 Å². The maximum atomic E-state index is 11.9. The Balaban J connectivity index is 2.45. The molecule has 0 saturated heterocycles. The zero-order valence-electron chi connectivity index (χ0n) is 9.35. The fourth-order valence-corrected chi connectivity index (χ4v) is 1.86. The summed E-state index contributed by atoms with van der Waals surface area (Å²) in [7, 11) is 0. The molecule has 2 aromatic heterocycles. The molecule has 0 atom stereocenters. The zero-order chi connectivity index (χ0) is 12.0. The minimum Gasteiger partial charge on any atom is -0.306 e. The van der Waals surface area contributed by atoms with Crippen LogP contribution in [0.4, 0.5) is 0 Å². The first-order valence-electron chi connectivity index (χ1n) is 5.13. The van der Waals surface area contributed by atoms with E-state index in [0.29, 0.717) is 28.6 Å². The molecule has 0 aromatic carbocycles. The monoisotopic (exact) mass is 230 g/mol. The first-order chi connectivity index (χ1) is 8.16. The first-order valence-corrected chi connectivity index (χ1v) is 5.13. The summed E-state index contributed by atoms with van der Waals surface area (Å²) in [5.74, 6) is 0.888. The number of hydrazine groups is 1. The van der Waals surface area contributed by atoms with Crippen molar-refractivity contribution in [1.29, 1.82) is 0 Å². The van der Waals surface area contributed by atoms with Gasteiger partial charge in [-0.15, -0.1) is 5.10 Å². The molecule has 3 heterocycles. The molecule has 2 aromatic rings. The van der Waals surface area contributed by atoms with Gasteiger partial charge in [-0.2, -0.15) is 9.50 Å². The number of carbonyl (C=O) groups is 1. The number of hydrogen-bond acceptors (Lipinski definition) is 5. The lowest BCUT2D eigenvalue weighted by atomic mass is 10.1. The predicted molar refractivity (Wildman–Crippen MR) is 59.9 cm³/mol.